The van der Waals surface area contributed by atoms with E-state index in [0.717, 1.165) is 22.3 Å². The second kappa shape index (κ2) is 4.56. The Kier molecular flexibility index (Phi) is 2.75. The SMILES string of the molecule is Cc1cc(NCc2ncon2)c2cc(N)ccc2n1. The molecule has 0 aliphatic rings. The number of nitrogen functional groups attached to an aromatic ring is 1. The van der Waals surface area contributed by atoms with E-state index in [1.165, 1.54) is 6.39 Å². The molecule has 0 bridgehead atoms. The highest BCUT2D eigenvalue weighted by Crippen LogP contribution is 2.25. The molecule has 19 heavy (non-hydrogen) atoms. The molecule has 0 atom stereocenters. The van der Waals surface area contributed by atoms with Crippen LogP contribution in [0.4, 0.5) is 11.4 Å². The summed E-state index contributed by atoms with van der Waals surface area (Å²) < 4.78 is 4.70. The van der Waals surface area contributed by atoms with Gasteiger partial charge in [0.25, 0.3) is 0 Å². The fraction of sp³-hybridized carbons (Fsp3) is 0.154. The highest BCUT2D eigenvalue weighted by Gasteiger charge is 2.06. The zero-order valence-electron chi connectivity index (χ0n) is 10.4. The minimum Gasteiger partial charge on any atom is -0.399 e. The molecule has 0 aliphatic carbocycles. The van der Waals surface area contributed by atoms with Crippen molar-refractivity contribution in [3.63, 3.8) is 0 Å². The van der Waals surface area contributed by atoms with Crippen molar-refractivity contribution in [2.75, 3.05) is 11.1 Å². The van der Waals surface area contributed by atoms with Crippen molar-refractivity contribution in [3.8, 4) is 0 Å². The van der Waals surface area contributed by atoms with Gasteiger partial charge in [-0.25, -0.2) is 0 Å². The number of pyridine rings is 1. The van der Waals surface area contributed by atoms with Gasteiger partial charge in [0.2, 0.25) is 6.39 Å². The van der Waals surface area contributed by atoms with Crippen molar-refractivity contribution in [2.24, 2.45) is 0 Å². The zero-order valence-corrected chi connectivity index (χ0v) is 10.4. The third-order valence-corrected chi connectivity index (χ3v) is 2.80. The summed E-state index contributed by atoms with van der Waals surface area (Å²) >= 11 is 0. The van der Waals surface area contributed by atoms with Crippen LogP contribution in [-0.4, -0.2) is 15.1 Å². The topological polar surface area (TPSA) is 89.9 Å². The number of fused-ring (bicyclic) bond motifs is 1. The summed E-state index contributed by atoms with van der Waals surface area (Å²) in [6, 6.07) is 7.64. The van der Waals surface area contributed by atoms with Crippen LogP contribution in [0.25, 0.3) is 10.9 Å². The molecule has 0 spiro atoms. The molecular weight excluding hydrogens is 242 g/mol. The average Bonchev–Trinajstić information content (AvgIpc) is 2.89. The molecule has 0 fully saturated rings. The molecule has 0 saturated heterocycles. The standard InChI is InChI=1S/C13H13N5O/c1-8-4-12(15-6-13-16-7-19-18-13)10-5-9(14)2-3-11(10)17-8/h2-5,7H,6,14H2,1H3,(H,15,17). The lowest BCUT2D eigenvalue weighted by atomic mass is 10.1. The number of aryl methyl sites for hydroxylation is 1. The maximum Gasteiger partial charge on any atom is 0.213 e. The summed E-state index contributed by atoms with van der Waals surface area (Å²) in [7, 11) is 0. The highest BCUT2D eigenvalue weighted by molar-refractivity contribution is 5.93. The summed E-state index contributed by atoms with van der Waals surface area (Å²) in [5.74, 6) is 0.603. The molecule has 0 aliphatic heterocycles. The van der Waals surface area contributed by atoms with Crippen molar-refractivity contribution in [2.45, 2.75) is 13.5 Å². The van der Waals surface area contributed by atoms with E-state index in [2.05, 4.69) is 20.4 Å². The smallest absolute Gasteiger partial charge is 0.213 e. The molecule has 6 nitrogen and oxygen atoms in total. The van der Waals surface area contributed by atoms with Gasteiger partial charge in [-0.05, 0) is 31.2 Å². The lowest BCUT2D eigenvalue weighted by molar-refractivity contribution is 0.411. The van der Waals surface area contributed by atoms with E-state index in [4.69, 9.17) is 10.3 Å². The van der Waals surface area contributed by atoms with Gasteiger partial charge in [0, 0.05) is 22.5 Å². The zero-order chi connectivity index (χ0) is 13.2. The first-order valence-electron chi connectivity index (χ1n) is 5.88. The van der Waals surface area contributed by atoms with Gasteiger partial charge in [-0.3, -0.25) is 4.98 Å². The lowest BCUT2D eigenvalue weighted by Crippen LogP contribution is -2.03. The maximum atomic E-state index is 5.83. The van der Waals surface area contributed by atoms with Gasteiger partial charge in [-0.1, -0.05) is 5.16 Å². The van der Waals surface area contributed by atoms with E-state index in [1.807, 2.05) is 31.2 Å². The molecule has 3 aromatic rings. The Hall–Kier alpha value is -2.63. The van der Waals surface area contributed by atoms with Gasteiger partial charge in [0.05, 0.1) is 12.1 Å². The predicted molar refractivity (Wildman–Crippen MR) is 72.5 cm³/mol. The fourth-order valence-corrected chi connectivity index (χ4v) is 1.97. The Morgan fingerprint density at radius 3 is 3.00 bits per heavy atom. The van der Waals surface area contributed by atoms with Crippen LogP contribution in [0.1, 0.15) is 11.5 Å². The van der Waals surface area contributed by atoms with Crippen molar-refractivity contribution < 1.29 is 4.52 Å². The Bertz CT molecular complexity index is 708. The molecule has 0 amide bonds. The molecule has 1 aromatic carbocycles. The van der Waals surface area contributed by atoms with Crippen LogP contribution < -0.4 is 11.1 Å². The van der Waals surface area contributed by atoms with E-state index in [-0.39, 0.29) is 0 Å². The quantitative estimate of drug-likeness (QED) is 0.697. The summed E-state index contributed by atoms with van der Waals surface area (Å²) in [5, 5.41) is 8.02. The molecule has 6 heteroatoms. The molecule has 96 valence electrons. The van der Waals surface area contributed by atoms with E-state index >= 15 is 0 Å². The van der Waals surface area contributed by atoms with E-state index < -0.39 is 0 Å². The van der Waals surface area contributed by atoms with Crippen molar-refractivity contribution in [3.05, 3.63) is 42.2 Å². The Morgan fingerprint density at radius 2 is 2.21 bits per heavy atom. The largest absolute Gasteiger partial charge is 0.399 e. The third-order valence-electron chi connectivity index (χ3n) is 2.80. The molecule has 3 N–H and O–H groups in total. The van der Waals surface area contributed by atoms with Crippen molar-refractivity contribution >= 4 is 22.3 Å². The third kappa shape index (κ3) is 2.33. The minimum atomic E-state index is 0.490. The second-order valence-corrected chi connectivity index (χ2v) is 4.29. The number of hydrogen-bond donors (Lipinski definition) is 2. The highest BCUT2D eigenvalue weighted by atomic mass is 16.5. The van der Waals surface area contributed by atoms with Crippen LogP contribution in [0.3, 0.4) is 0 Å². The summed E-state index contributed by atoms with van der Waals surface area (Å²) in [6.07, 6.45) is 1.31. The average molecular weight is 255 g/mol. The van der Waals surface area contributed by atoms with Gasteiger partial charge in [-0.15, -0.1) is 0 Å². The van der Waals surface area contributed by atoms with Crippen LogP contribution in [0, 0.1) is 6.92 Å². The number of nitrogens with one attached hydrogen (secondary N) is 1. The van der Waals surface area contributed by atoms with Gasteiger partial charge in [-0.2, -0.15) is 4.98 Å². The Balaban J connectivity index is 1.99. The van der Waals surface area contributed by atoms with Crippen LogP contribution >= 0.6 is 0 Å². The van der Waals surface area contributed by atoms with Crippen LogP contribution in [0.5, 0.6) is 0 Å². The fourth-order valence-electron chi connectivity index (χ4n) is 1.97. The van der Waals surface area contributed by atoms with Gasteiger partial charge >= 0.3 is 0 Å². The minimum absolute atomic E-state index is 0.490. The van der Waals surface area contributed by atoms with E-state index in [1.54, 1.807) is 0 Å². The van der Waals surface area contributed by atoms with Crippen LogP contribution in [-0.2, 0) is 6.54 Å². The molecule has 3 rings (SSSR count). The van der Waals surface area contributed by atoms with Crippen molar-refractivity contribution in [1.82, 2.24) is 15.1 Å². The van der Waals surface area contributed by atoms with Crippen molar-refractivity contribution in [1.29, 1.82) is 0 Å². The lowest BCUT2D eigenvalue weighted by Gasteiger charge is -2.09. The van der Waals surface area contributed by atoms with E-state index in [9.17, 15) is 0 Å². The first kappa shape index (κ1) is 11.5. The normalized spacial score (nSPS) is 10.8. The molecule has 2 heterocycles. The first-order valence-corrected chi connectivity index (χ1v) is 5.88. The number of benzene rings is 1. The molecule has 0 radical (unpaired) electrons. The predicted octanol–water partition coefficient (Wildman–Crippen LogP) is 2.12. The van der Waals surface area contributed by atoms with E-state index in [0.29, 0.717) is 18.1 Å². The van der Waals surface area contributed by atoms with Gasteiger partial charge < -0.3 is 15.6 Å². The van der Waals surface area contributed by atoms with Crippen LogP contribution in [0.15, 0.2) is 35.2 Å². The number of hydrogen-bond acceptors (Lipinski definition) is 6. The Morgan fingerprint density at radius 1 is 1.32 bits per heavy atom. The summed E-state index contributed by atoms with van der Waals surface area (Å²) in [4.78, 5) is 8.45. The summed E-state index contributed by atoms with van der Waals surface area (Å²) in [6.45, 7) is 2.44. The first-order chi connectivity index (χ1) is 9.22. The second-order valence-electron chi connectivity index (χ2n) is 4.29. The molecular formula is C13H13N5O. The number of rotatable bonds is 3. The van der Waals surface area contributed by atoms with Gasteiger partial charge in [0.15, 0.2) is 5.82 Å². The summed E-state index contributed by atoms with van der Waals surface area (Å²) in [5.41, 5.74) is 9.34. The molecule has 2 aromatic heterocycles. The maximum absolute atomic E-state index is 5.83. The van der Waals surface area contributed by atoms with Crippen LogP contribution in [0.2, 0.25) is 0 Å². The number of nitrogens with zero attached hydrogens (tertiary/aromatic N) is 3. The molecule has 0 unspecified atom stereocenters. The van der Waals surface area contributed by atoms with Gasteiger partial charge in [0.1, 0.15) is 0 Å². The number of aromatic nitrogens is 3. The number of anilines is 2. The Labute approximate surface area is 109 Å². The monoisotopic (exact) mass is 255 g/mol. The molecule has 0 saturated carbocycles. The number of nitrogens with two attached hydrogens (primary N) is 1.